The van der Waals surface area contributed by atoms with E-state index < -0.39 is 0 Å². The Morgan fingerprint density at radius 1 is 1.35 bits per heavy atom. The predicted molar refractivity (Wildman–Crippen MR) is 90.4 cm³/mol. The first-order valence-corrected chi connectivity index (χ1v) is 9.21. The van der Waals surface area contributed by atoms with Crippen LogP contribution < -0.4 is 5.32 Å². The lowest BCUT2D eigenvalue weighted by Gasteiger charge is -2.17. The summed E-state index contributed by atoms with van der Waals surface area (Å²) in [5.74, 6) is 1.03. The van der Waals surface area contributed by atoms with Crippen LogP contribution in [-0.4, -0.2) is 17.5 Å². The Hall–Kier alpha value is -0.450. The van der Waals surface area contributed by atoms with Crippen LogP contribution in [0.15, 0.2) is 33.2 Å². The van der Waals surface area contributed by atoms with Gasteiger partial charge in [-0.2, -0.15) is 11.8 Å². The van der Waals surface area contributed by atoms with E-state index >= 15 is 0 Å². The molecule has 3 unspecified atom stereocenters. The van der Waals surface area contributed by atoms with E-state index in [1.165, 1.54) is 19.3 Å². The monoisotopic (exact) mass is 353 g/mol. The average Bonchev–Trinajstić information content (AvgIpc) is 3.04. The number of benzene rings is 1. The van der Waals surface area contributed by atoms with Crippen molar-refractivity contribution in [1.29, 1.82) is 0 Å². The topological polar surface area (TPSA) is 25.2 Å². The van der Waals surface area contributed by atoms with Crippen LogP contribution in [0.1, 0.15) is 38.0 Å². The highest BCUT2D eigenvalue weighted by Crippen LogP contribution is 2.31. The van der Waals surface area contributed by atoms with Gasteiger partial charge in [0.2, 0.25) is 0 Å². The minimum absolute atomic E-state index is 0.270. The van der Waals surface area contributed by atoms with Crippen molar-refractivity contribution in [2.24, 2.45) is 0 Å². The molecule has 1 aromatic heterocycles. The van der Waals surface area contributed by atoms with E-state index in [0.29, 0.717) is 6.04 Å². The lowest BCUT2D eigenvalue weighted by atomic mass is 10.1. The van der Waals surface area contributed by atoms with Gasteiger partial charge < -0.3 is 9.73 Å². The molecule has 1 aliphatic carbocycles. The van der Waals surface area contributed by atoms with Crippen molar-refractivity contribution < 1.29 is 4.42 Å². The molecule has 1 aromatic carbocycles. The molecule has 4 heteroatoms. The first-order valence-electron chi connectivity index (χ1n) is 7.13. The molecular weight excluding hydrogens is 334 g/mol. The van der Waals surface area contributed by atoms with Gasteiger partial charge in [-0.25, -0.2) is 0 Å². The number of hydrogen-bond donors (Lipinski definition) is 1. The molecule has 1 aliphatic rings. The number of thioether (sulfide) groups is 1. The maximum absolute atomic E-state index is 5.96. The molecule has 3 rings (SSSR count). The zero-order valence-corrected chi connectivity index (χ0v) is 14.3. The van der Waals surface area contributed by atoms with Crippen LogP contribution >= 0.6 is 27.7 Å². The van der Waals surface area contributed by atoms with Gasteiger partial charge in [0, 0.05) is 21.2 Å². The standard InChI is InChI=1S/C16H20BrNOS/c1-10(18-13-4-5-14(9-13)20-2)16-8-11-7-12(17)3-6-15(11)19-16/h3,6-8,10,13-14,18H,4-5,9H2,1-2H3. The van der Waals surface area contributed by atoms with Crippen LogP contribution in [0.25, 0.3) is 11.0 Å². The molecule has 0 spiro atoms. The van der Waals surface area contributed by atoms with E-state index in [-0.39, 0.29) is 6.04 Å². The Morgan fingerprint density at radius 2 is 2.20 bits per heavy atom. The number of nitrogens with one attached hydrogen (secondary N) is 1. The van der Waals surface area contributed by atoms with Gasteiger partial charge in [-0.15, -0.1) is 0 Å². The molecule has 0 aliphatic heterocycles. The van der Waals surface area contributed by atoms with Gasteiger partial charge in [-0.05, 0) is 56.7 Å². The summed E-state index contributed by atoms with van der Waals surface area (Å²) in [6.45, 7) is 2.19. The average molecular weight is 354 g/mol. The molecule has 108 valence electrons. The second kappa shape index (κ2) is 6.12. The summed E-state index contributed by atoms with van der Waals surface area (Å²) in [7, 11) is 0. The highest BCUT2D eigenvalue weighted by atomic mass is 79.9. The minimum Gasteiger partial charge on any atom is -0.459 e. The molecule has 20 heavy (non-hydrogen) atoms. The molecule has 0 amide bonds. The maximum Gasteiger partial charge on any atom is 0.134 e. The summed E-state index contributed by atoms with van der Waals surface area (Å²) in [5.41, 5.74) is 0.963. The molecule has 0 bridgehead atoms. The fourth-order valence-electron chi connectivity index (χ4n) is 2.99. The zero-order chi connectivity index (χ0) is 14.1. The van der Waals surface area contributed by atoms with E-state index in [9.17, 15) is 0 Å². The lowest BCUT2D eigenvalue weighted by Crippen LogP contribution is -2.29. The molecule has 2 nitrogen and oxygen atoms in total. The highest BCUT2D eigenvalue weighted by molar-refractivity contribution is 9.10. The van der Waals surface area contributed by atoms with Crippen LogP contribution in [-0.2, 0) is 0 Å². The van der Waals surface area contributed by atoms with Gasteiger partial charge >= 0.3 is 0 Å². The molecule has 1 fully saturated rings. The Bertz CT molecular complexity index is 597. The van der Waals surface area contributed by atoms with Crippen LogP contribution in [0.2, 0.25) is 0 Å². The predicted octanol–water partition coefficient (Wildman–Crippen LogP) is 5.13. The summed E-state index contributed by atoms with van der Waals surface area (Å²) in [6.07, 6.45) is 6.10. The largest absolute Gasteiger partial charge is 0.459 e. The molecule has 3 atom stereocenters. The molecular formula is C16H20BrNOS. The summed E-state index contributed by atoms with van der Waals surface area (Å²) in [4.78, 5) is 0. The molecule has 1 N–H and O–H groups in total. The van der Waals surface area contributed by atoms with Crippen molar-refractivity contribution in [2.75, 3.05) is 6.26 Å². The van der Waals surface area contributed by atoms with Crippen molar-refractivity contribution in [3.63, 3.8) is 0 Å². The number of fused-ring (bicyclic) bond motifs is 1. The van der Waals surface area contributed by atoms with Gasteiger partial charge in [-0.3, -0.25) is 0 Å². The number of rotatable bonds is 4. The maximum atomic E-state index is 5.96. The minimum atomic E-state index is 0.270. The van der Waals surface area contributed by atoms with Gasteiger partial charge in [0.05, 0.1) is 6.04 Å². The van der Waals surface area contributed by atoms with Crippen molar-refractivity contribution in [3.8, 4) is 0 Å². The Kier molecular flexibility index (Phi) is 4.43. The normalized spacial score (nSPS) is 24.4. The SMILES string of the molecule is CSC1CCC(NC(C)c2cc3cc(Br)ccc3o2)C1. The van der Waals surface area contributed by atoms with Crippen LogP contribution in [0.4, 0.5) is 0 Å². The van der Waals surface area contributed by atoms with E-state index in [1.54, 1.807) is 0 Å². The molecule has 1 saturated carbocycles. The first-order chi connectivity index (χ1) is 9.65. The smallest absolute Gasteiger partial charge is 0.134 e. The van der Waals surface area contributed by atoms with Gasteiger partial charge in [0.1, 0.15) is 11.3 Å². The first kappa shape index (κ1) is 14.5. The zero-order valence-electron chi connectivity index (χ0n) is 11.9. The summed E-state index contributed by atoms with van der Waals surface area (Å²) in [6, 6.07) is 9.20. The van der Waals surface area contributed by atoms with Crippen LogP contribution in [0, 0.1) is 0 Å². The third-order valence-electron chi connectivity index (χ3n) is 4.13. The molecule has 0 saturated heterocycles. The summed E-state index contributed by atoms with van der Waals surface area (Å²) < 4.78 is 7.05. The van der Waals surface area contributed by atoms with E-state index in [1.807, 2.05) is 23.9 Å². The van der Waals surface area contributed by atoms with Crippen molar-refractivity contribution >= 4 is 38.7 Å². The van der Waals surface area contributed by atoms with Crippen LogP contribution in [0.5, 0.6) is 0 Å². The molecule has 2 aromatic rings. The van der Waals surface area contributed by atoms with Gasteiger partial charge in [-0.1, -0.05) is 15.9 Å². The third kappa shape index (κ3) is 3.07. The molecule has 1 heterocycles. The third-order valence-corrected chi connectivity index (χ3v) is 5.72. The second-order valence-corrected chi connectivity index (χ2v) is 7.64. The van der Waals surface area contributed by atoms with Gasteiger partial charge in [0.25, 0.3) is 0 Å². The van der Waals surface area contributed by atoms with E-state index in [2.05, 4.69) is 46.6 Å². The number of halogens is 1. The van der Waals surface area contributed by atoms with Crippen LogP contribution in [0.3, 0.4) is 0 Å². The fraction of sp³-hybridized carbons (Fsp3) is 0.500. The van der Waals surface area contributed by atoms with Crippen molar-refractivity contribution in [2.45, 2.75) is 43.5 Å². The van der Waals surface area contributed by atoms with Crippen molar-refractivity contribution in [3.05, 3.63) is 34.5 Å². The van der Waals surface area contributed by atoms with Gasteiger partial charge in [0.15, 0.2) is 0 Å². The summed E-state index contributed by atoms with van der Waals surface area (Å²) >= 11 is 5.50. The van der Waals surface area contributed by atoms with E-state index in [4.69, 9.17) is 4.42 Å². The Balaban J connectivity index is 1.70. The van der Waals surface area contributed by atoms with Crippen molar-refractivity contribution in [1.82, 2.24) is 5.32 Å². The molecule has 0 radical (unpaired) electrons. The second-order valence-electron chi connectivity index (χ2n) is 5.59. The quantitative estimate of drug-likeness (QED) is 0.824. The number of hydrogen-bond acceptors (Lipinski definition) is 3. The number of furan rings is 1. The Labute approximate surface area is 132 Å². The summed E-state index contributed by atoms with van der Waals surface area (Å²) in [5, 5.41) is 5.70. The Morgan fingerprint density at radius 3 is 2.95 bits per heavy atom. The highest BCUT2D eigenvalue weighted by Gasteiger charge is 2.25. The van der Waals surface area contributed by atoms with E-state index in [0.717, 1.165) is 26.5 Å². The lowest BCUT2D eigenvalue weighted by molar-refractivity contribution is 0.402. The fourth-order valence-corrected chi connectivity index (χ4v) is 4.16.